The van der Waals surface area contributed by atoms with Crippen LogP contribution in [0.4, 0.5) is 18.3 Å². The molecule has 0 aliphatic carbocycles. The molecular weight excluding hydrogens is 463 g/mol. The first-order valence-electron chi connectivity index (χ1n) is 10.2. The molecule has 10 nitrogen and oxygen atoms in total. The second kappa shape index (κ2) is 9.68. The molecule has 0 unspecified atom stereocenters. The number of anilines is 1. The number of esters is 1. The molecular formula is C19H20F3N7O3S. The number of ether oxygens (including phenoxy) is 2. The fraction of sp³-hybridized carbons (Fsp3) is 0.474. The Labute approximate surface area is 190 Å². The first-order chi connectivity index (χ1) is 15.8. The van der Waals surface area contributed by atoms with Crippen LogP contribution in [-0.2, 0) is 22.3 Å². The number of para-hydroxylation sites is 1. The van der Waals surface area contributed by atoms with Crippen LogP contribution in [0.2, 0.25) is 0 Å². The minimum Gasteiger partial charge on any atom is -0.490 e. The van der Waals surface area contributed by atoms with Gasteiger partial charge in [0.05, 0.1) is 12.2 Å². The van der Waals surface area contributed by atoms with Gasteiger partial charge in [-0.05, 0) is 24.3 Å². The van der Waals surface area contributed by atoms with Crippen LogP contribution in [0.1, 0.15) is 25.3 Å². The molecule has 176 valence electrons. The average Bonchev–Trinajstić information content (AvgIpc) is 3.44. The lowest BCUT2D eigenvalue weighted by Crippen LogP contribution is -2.38. The summed E-state index contributed by atoms with van der Waals surface area (Å²) >= 11 is 1.27. The SMILES string of the molecule is CCOC(=O)Cn1nnc(-c2nnc(N3CCC(Oc4ccccc4C(F)(F)F)CC3)s2)n1. The Morgan fingerprint density at radius 2 is 1.94 bits per heavy atom. The zero-order valence-electron chi connectivity index (χ0n) is 17.5. The van der Waals surface area contributed by atoms with Crippen molar-refractivity contribution >= 4 is 22.4 Å². The van der Waals surface area contributed by atoms with Crippen LogP contribution in [-0.4, -0.2) is 62.2 Å². The number of alkyl halides is 3. The maximum atomic E-state index is 13.2. The number of halogens is 3. The van der Waals surface area contributed by atoms with Crippen LogP contribution >= 0.6 is 11.3 Å². The molecule has 0 bridgehead atoms. The first kappa shape index (κ1) is 22.9. The van der Waals surface area contributed by atoms with E-state index in [1.165, 1.54) is 29.5 Å². The number of aromatic nitrogens is 6. The van der Waals surface area contributed by atoms with Gasteiger partial charge in [0.25, 0.3) is 0 Å². The van der Waals surface area contributed by atoms with Gasteiger partial charge in [0.15, 0.2) is 11.6 Å². The topological polar surface area (TPSA) is 108 Å². The zero-order valence-corrected chi connectivity index (χ0v) is 18.3. The summed E-state index contributed by atoms with van der Waals surface area (Å²) in [7, 11) is 0. The minimum absolute atomic E-state index is 0.154. The Balaban J connectivity index is 1.34. The van der Waals surface area contributed by atoms with Gasteiger partial charge in [-0.1, -0.05) is 23.5 Å². The largest absolute Gasteiger partial charge is 0.490 e. The molecule has 0 spiro atoms. The normalized spacial score (nSPS) is 15.0. The Morgan fingerprint density at radius 3 is 2.67 bits per heavy atom. The van der Waals surface area contributed by atoms with Crippen LogP contribution in [0.3, 0.4) is 0 Å². The third-order valence-corrected chi connectivity index (χ3v) is 5.81. The lowest BCUT2D eigenvalue weighted by atomic mass is 10.1. The van der Waals surface area contributed by atoms with E-state index in [9.17, 15) is 18.0 Å². The standard InChI is InChI=1S/C19H20F3N7O3S/c1-2-31-15(30)11-29-26-16(23-27-29)17-24-25-18(33-17)28-9-7-12(8-10-28)32-14-6-4-3-5-13(14)19(20,21)22/h3-6,12H,2,7-11H2,1H3. The highest BCUT2D eigenvalue weighted by Crippen LogP contribution is 2.37. The molecule has 0 amide bonds. The molecule has 0 radical (unpaired) electrons. The summed E-state index contributed by atoms with van der Waals surface area (Å²) in [4.78, 5) is 14.6. The minimum atomic E-state index is -4.47. The van der Waals surface area contributed by atoms with E-state index in [0.29, 0.717) is 36.1 Å². The summed E-state index contributed by atoms with van der Waals surface area (Å²) in [6.07, 6.45) is -3.72. The molecule has 0 saturated carbocycles. The second-order valence-corrected chi connectivity index (χ2v) is 8.09. The highest BCUT2D eigenvalue weighted by molar-refractivity contribution is 7.18. The quantitative estimate of drug-likeness (QED) is 0.469. The number of rotatable bonds is 7. The Hall–Kier alpha value is -3.29. The predicted molar refractivity (Wildman–Crippen MR) is 111 cm³/mol. The highest BCUT2D eigenvalue weighted by atomic mass is 32.1. The number of nitrogens with zero attached hydrogens (tertiary/aromatic N) is 7. The van der Waals surface area contributed by atoms with E-state index in [1.807, 2.05) is 4.90 Å². The van der Waals surface area contributed by atoms with Gasteiger partial charge in [-0.2, -0.15) is 18.0 Å². The van der Waals surface area contributed by atoms with Crippen molar-refractivity contribution in [2.45, 2.75) is 38.6 Å². The number of benzene rings is 1. The summed E-state index contributed by atoms with van der Waals surface area (Å²) in [5.74, 6) is -0.383. The van der Waals surface area contributed by atoms with Crippen molar-refractivity contribution in [3.8, 4) is 16.6 Å². The molecule has 1 aliphatic rings. The maximum absolute atomic E-state index is 13.2. The van der Waals surface area contributed by atoms with E-state index in [1.54, 1.807) is 6.92 Å². The van der Waals surface area contributed by atoms with E-state index in [4.69, 9.17) is 9.47 Å². The molecule has 14 heteroatoms. The number of carbonyl (C=O) groups excluding carboxylic acids is 1. The van der Waals surface area contributed by atoms with Crippen molar-refractivity contribution in [1.29, 1.82) is 0 Å². The molecule has 3 heterocycles. The first-order valence-corrected chi connectivity index (χ1v) is 11.0. The molecule has 0 atom stereocenters. The number of carbonyl (C=O) groups is 1. The van der Waals surface area contributed by atoms with E-state index in [0.717, 1.165) is 10.9 Å². The lowest BCUT2D eigenvalue weighted by molar-refractivity contribution is -0.144. The zero-order chi connectivity index (χ0) is 23.4. The van der Waals surface area contributed by atoms with Crippen LogP contribution in [0, 0.1) is 0 Å². The summed E-state index contributed by atoms with van der Waals surface area (Å²) in [5.41, 5.74) is -0.773. The Bertz CT molecular complexity index is 1100. The smallest absolute Gasteiger partial charge is 0.419 e. The number of tetrazole rings is 1. The van der Waals surface area contributed by atoms with Crippen LogP contribution in [0.5, 0.6) is 5.75 Å². The van der Waals surface area contributed by atoms with Gasteiger partial charge in [-0.3, -0.25) is 0 Å². The van der Waals surface area contributed by atoms with Crippen molar-refractivity contribution in [3.63, 3.8) is 0 Å². The summed E-state index contributed by atoms with van der Waals surface area (Å²) in [6.45, 7) is 2.92. The fourth-order valence-electron chi connectivity index (χ4n) is 3.30. The van der Waals surface area contributed by atoms with Gasteiger partial charge in [0.2, 0.25) is 11.0 Å². The molecule has 1 aliphatic heterocycles. The van der Waals surface area contributed by atoms with Crippen LogP contribution in [0.25, 0.3) is 10.8 Å². The van der Waals surface area contributed by atoms with Gasteiger partial charge < -0.3 is 14.4 Å². The van der Waals surface area contributed by atoms with Crippen molar-refractivity contribution in [2.75, 3.05) is 24.6 Å². The van der Waals surface area contributed by atoms with Crippen LogP contribution < -0.4 is 9.64 Å². The Morgan fingerprint density at radius 1 is 1.18 bits per heavy atom. The third kappa shape index (κ3) is 5.56. The third-order valence-electron chi connectivity index (χ3n) is 4.83. The van der Waals surface area contributed by atoms with Crippen molar-refractivity contribution in [1.82, 2.24) is 30.4 Å². The van der Waals surface area contributed by atoms with E-state index >= 15 is 0 Å². The molecule has 0 N–H and O–H groups in total. The Kier molecular flexibility index (Phi) is 6.72. The molecule has 1 aromatic carbocycles. The summed E-state index contributed by atoms with van der Waals surface area (Å²) < 4.78 is 50.1. The van der Waals surface area contributed by atoms with Gasteiger partial charge >= 0.3 is 12.1 Å². The monoisotopic (exact) mass is 483 g/mol. The molecule has 1 fully saturated rings. The summed E-state index contributed by atoms with van der Waals surface area (Å²) in [5, 5.41) is 21.2. The van der Waals surface area contributed by atoms with Crippen molar-refractivity contribution in [3.05, 3.63) is 29.8 Å². The van der Waals surface area contributed by atoms with Gasteiger partial charge in [-0.25, -0.2) is 4.79 Å². The predicted octanol–water partition coefficient (Wildman–Crippen LogP) is 2.82. The number of hydrogen-bond acceptors (Lipinski definition) is 10. The van der Waals surface area contributed by atoms with Gasteiger partial charge in [0, 0.05) is 25.9 Å². The van der Waals surface area contributed by atoms with Gasteiger partial charge in [0.1, 0.15) is 11.9 Å². The number of hydrogen-bond donors (Lipinski definition) is 0. The highest BCUT2D eigenvalue weighted by Gasteiger charge is 2.35. The summed E-state index contributed by atoms with van der Waals surface area (Å²) in [6, 6.07) is 5.23. The molecule has 2 aromatic heterocycles. The second-order valence-electron chi connectivity index (χ2n) is 7.14. The molecule has 1 saturated heterocycles. The van der Waals surface area contributed by atoms with Crippen LogP contribution in [0.15, 0.2) is 24.3 Å². The fourth-order valence-corrected chi connectivity index (χ4v) is 4.12. The average molecular weight is 483 g/mol. The van der Waals surface area contributed by atoms with Crippen molar-refractivity contribution in [2.24, 2.45) is 0 Å². The van der Waals surface area contributed by atoms with Crippen molar-refractivity contribution < 1.29 is 27.4 Å². The van der Waals surface area contributed by atoms with E-state index in [2.05, 4.69) is 25.6 Å². The molecule has 33 heavy (non-hydrogen) atoms. The maximum Gasteiger partial charge on any atom is 0.419 e. The molecule has 3 aromatic rings. The van der Waals surface area contributed by atoms with Gasteiger partial charge in [-0.15, -0.1) is 20.4 Å². The van der Waals surface area contributed by atoms with E-state index < -0.39 is 17.7 Å². The molecule has 4 rings (SSSR count). The van der Waals surface area contributed by atoms with E-state index in [-0.39, 0.29) is 30.8 Å². The lowest BCUT2D eigenvalue weighted by Gasteiger charge is -2.32. The number of piperidine rings is 1.